The first kappa shape index (κ1) is 30.1. The van der Waals surface area contributed by atoms with E-state index in [4.69, 9.17) is 5.73 Å². The number of hydrogen-bond acceptors (Lipinski definition) is 7. The van der Waals surface area contributed by atoms with Gasteiger partial charge in [0, 0.05) is 6.42 Å². The zero-order chi connectivity index (χ0) is 28.6. The third-order valence-corrected chi connectivity index (χ3v) is 5.96. The number of phenols is 2. The molecule has 2 aromatic rings. The predicted molar refractivity (Wildman–Crippen MR) is 140 cm³/mol. The van der Waals surface area contributed by atoms with Gasteiger partial charge in [-0.2, -0.15) is 0 Å². The minimum Gasteiger partial charge on any atom is -0.508 e. The molecule has 0 fully saturated rings. The first-order valence-electron chi connectivity index (χ1n) is 12.2. The lowest BCUT2D eigenvalue weighted by Crippen LogP contribution is -2.62. The Hall–Kier alpha value is -4.12. The van der Waals surface area contributed by atoms with Gasteiger partial charge < -0.3 is 37.0 Å². The Kier molecular flexibility index (Phi) is 10.2. The fraction of sp³-hybridized carbons (Fsp3) is 0.407. The summed E-state index contributed by atoms with van der Waals surface area (Å²) in [6, 6.07) is 8.91. The maximum Gasteiger partial charge on any atom is 0.326 e. The number of rotatable bonds is 12. The molecule has 0 aliphatic carbocycles. The number of phenolic OH excluding ortho intramolecular Hbond substituents is 2. The van der Waals surface area contributed by atoms with Crippen LogP contribution in [0.2, 0.25) is 0 Å². The molecular formula is C27H36N4O7. The van der Waals surface area contributed by atoms with Gasteiger partial charge in [0.05, 0.1) is 6.04 Å². The summed E-state index contributed by atoms with van der Waals surface area (Å²) in [5, 5.41) is 36.1. The second-order valence-electron chi connectivity index (χ2n) is 10.1. The number of aromatic hydroxyl groups is 2. The van der Waals surface area contributed by atoms with Crippen LogP contribution in [-0.4, -0.2) is 62.7 Å². The summed E-state index contributed by atoms with van der Waals surface area (Å²) in [5.41, 5.74) is 5.88. The number of benzene rings is 2. The van der Waals surface area contributed by atoms with Crippen LogP contribution >= 0.6 is 0 Å². The topological polar surface area (TPSA) is 191 Å². The van der Waals surface area contributed by atoms with E-state index >= 15 is 0 Å². The molecule has 0 saturated carbocycles. The molecule has 0 aliphatic rings. The molecule has 2 aromatic carbocycles. The van der Waals surface area contributed by atoms with Crippen LogP contribution in [-0.2, 0) is 32.0 Å². The fourth-order valence-corrected chi connectivity index (χ4v) is 3.62. The third-order valence-electron chi connectivity index (χ3n) is 5.96. The van der Waals surface area contributed by atoms with Gasteiger partial charge >= 0.3 is 5.97 Å². The molecule has 206 valence electrons. The molecule has 38 heavy (non-hydrogen) atoms. The molecule has 0 heterocycles. The van der Waals surface area contributed by atoms with Gasteiger partial charge in [-0.1, -0.05) is 38.1 Å². The highest BCUT2D eigenvalue weighted by Crippen LogP contribution is 2.14. The number of nitrogens with two attached hydrogens (primary N) is 1. The highest BCUT2D eigenvalue weighted by molar-refractivity contribution is 5.96. The predicted octanol–water partition coefficient (Wildman–Crippen LogP) is 0.815. The number of aliphatic carboxylic acids is 1. The maximum absolute atomic E-state index is 13.2. The van der Waals surface area contributed by atoms with E-state index in [1.165, 1.54) is 38.1 Å². The molecular weight excluding hydrogens is 492 g/mol. The Bertz CT molecular complexity index is 1130. The third kappa shape index (κ3) is 8.77. The quantitative estimate of drug-likeness (QED) is 0.210. The standard InChI is InChI=1S/C27H36N4O7/c1-15(2)22(25(36)37)30-24(35)21(14-17-7-11-19(33)12-8-17)29-26(38)27(3,4)31-23(34)20(28)13-16-5-9-18(32)10-6-16/h5-12,15,20-22,32-33H,13-14,28H2,1-4H3,(H,29,38)(H,30,35)(H,31,34)(H,36,37)/t20-,21-,22-/m0/s1. The van der Waals surface area contributed by atoms with E-state index in [1.807, 2.05) is 0 Å². The van der Waals surface area contributed by atoms with Crippen LogP contribution in [0.3, 0.4) is 0 Å². The largest absolute Gasteiger partial charge is 0.508 e. The SMILES string of the molecule is CC(C)[C@H](NC(=O)[C@H](Cc1ccc(O)cc1)NC(=O)C(C)(C)NC(=O)[C@@H](N)Cc1ccc(O)cc1)C(=O)O. The normalized spacial score (nSPS) is 13.7. The van der Waals surface area contributed by atoms with Crippen molar-refractivity contribution in [3.8, 4) is 11.5 Å². The smallest absolute Gasteiger partial charge is 0.326 e. The van der Waals surface area contributed by atoms with Gasteiger partial charge in [0.15, 0.2) is 0 Å². The van der Waals surface area contributed by atoms with Gasteiger partial charge in [0.2, 0.25) is 17.7 Å². The Labute approximate surface area is 221 Å². The Morgan fingerprint density at radius 2 is 1.29 bits per heavy atom. The Morgan fingerprint density at radius 3 is 1.74 bits per heavy atom. The van der Waals surface area contributed by atoms with E-state index < -0.39 is 53.3 Å². The van der Waals surface area contributed by atoms with Crippen molar-refractivity contribution in [2.24, 2.45) is 11.7 Å². The van der Waals surface area contributed by atoms with E-state index in [0.717, 1.165) is 5.56 Å². The number of amides is 3. The van der Waals surface area contributed by atoms with Gasteiger partial charge in [-0.15, -0.1) is 0 Å². The van der Waals surface area contributed by atoms with Gasteiger partial charge in [0.1, 0.15) is 29.1 Å². The summed E-state index contributed by atoms with van der Waals surface area (Å²) in [4.78, 5) is 50.6. The van der Waals surface area contributed by atoms with Crippen LogP contribution in [0, 0.1) is 5.92 Å². The molecule has 0 saturated heterocycles. The van der Waals surface area contributed by atoms with Crippen molar-refractivity contribution in [1.29, 1.82) is 0 Å². The van der Waals surface area contributed by atoms with Crippen LogP contribution in [0.25, 0.3) is 0 Å². The first-order chi connectivity index (χ1) is 17.7. The molecule has 0 aliphatic heterocycles. The van der Waals surface area contributed by atoms with Gasteiger partial charge in [-0.3, -0.25) is 14.4 Å². The number of carboxylic acid groups (broad SMARTS) is 1. The van der Waals surface area contributed by atoms with Crippen molar-refractivity contribution in [3.63, 3.8) is 0 Å². The second-order valence-corrected chi connectivity index (χ2v) is 10.1. The number of carboxylic acids is 1. The van der Waals surface area contributed by atoms with Crippen LogP contribution in [0.4, 0.5) is 0 Å². The van der Waals surface area contributed by atoms with Crippen LogP contribution in [0.15, 0.2) is 48.5 Å². The lowest BCUT2D eigenvalue weighted by molar-refractivity contribution is -0.143. The average molecular weight is 529 g/mol. The summed E-state index contributed by atoms with van der Waals surface area (Å²) in [5.74, 6) is -3.50. The average Bonchev–Trinajstić information content (AvgIpc) is 2.83. The molecule has 2 rings (SSSR count). The van der Waals surface area contributed by atoms with Crippen molar-refractivity contribution in [2.45, 2.75) is 64.2 Å². The van der Waals surface area contributed by atoms with Crippen molar-refractivity contribution in [1.82, 2.24) is 16.0 Å². The minimum atomic E-state index is -1.47. The molecule has 0 radical (unpaired) electrons. The molecule has 11 nitrogen and oxygen atoms in total. The molecule has 0 aromatic heterocycles. The lowest BCUT2D eigenvalue weighted by Gasteiger charge is -2.30. The van der Waals surface area contributed by atoms with Crippen molar-refractivity contribution in [2.75, 3.05) is 0 Å². The second kappa shape index (κ2) is 12.9. The zero-order valence-corrected chi connectivity index (χ0v) is 21.9. The maximum atomic E-state index is 13.2. The first-order valence-corrected chi connectivity index (χ1v) is 12.2. The van der Waals surface area contributed by atoms with Crippen LogP contribution in [0.1, 0.15) is 38.8 Å². The molecule has 11 heteroatoms. The summed E-state index contributed by atoms with van der Waals surface area (Å²) < 4.78 is 0. The van der Waals surface area contributed by atoms with Gasteiger partial charge in [0.25, 0.3) is 0 Å². The van der Waals surface area contributed by atoms with Crippen molar-refractivity contribution in [3.05, 3.63) is 59.7 Å². The van der Waals surface area contributed by atoms with E-state index in [0.29, 0.717) is 5.56 Å². The van der Waals surface area contributed by atoms with E-state index in [-0.39, 0.29) is 24.3 Å². The number of nitrogens with one attached hydrogen (secondary N) is 3. The molecule has 0 spiro atoms. The van der Waals surface area contributed by atoms with E-state index in [2.05, 4.69) is 16.0 Å². The monoisotopic (exact) mass is 528 g/mol. The summed E-state index contributed by atoms with van der Waals surface area (Å²) in [6.07, 6.45) is 0.175. The van der Waals surface area contributed by atoms with Crippen LogP contribution in [0.5, 0.6) is 11.5 Å². The Morgan fingerprint density at radius 1 is 0.816 bits per heavy atom. The molecule has 0 unspecified atom stereocenters. The van der Waals surface area contributed by atoms with Gasteiger partial charge in [-0.25, -0.2) is 4.79 Å². The van der Waals surface area contributed by atoms with E-state index in [1.54, 1.807) is 38.1 Å². The summed E-state index contributed by atoms with van der Waals surface area (Å²) in [6.45, 7) is 6.20. The number of carbonyl (C=O) groups excluding carboxylic acids is 3. The molecule has 3 atom stereocenters. The van der Waals surface area contributed by atoms with E-state index in [9.17, 15) is 34.5 Å². The molecule has 0 bridgehead atoms. The lowest BCUT2D eigenvalue weighted by atomic mass is 9.98. The highest BCUT2D eigenvalue weighted by atomic mass is 16.4. The van der Waals surface area contributed by atoms with Crippen molar-refractivity contribution < 1.29 is 34.5 Å². The fourth-order valence-electron chi connectivity index (χ4n) is 3.62. The summed E-state index contributed by atoms with van der Waals surface area (Å²) >= 11 is 0. The van der Waals surface area contributed by atoms with Gasteiger partial charge in [-0.05, 0) is 61.6 Å². The minimum absolute atomic E-state index is 0.00663. The van der Waals surface area contributed by atoms with Crippen LogP contribution < -0.4 is 21.7 Å². The molecule has 3 amide bonds. The summed E-state index contributed by atoms with van der Waals surface area (Å²) in [7, 11) is 0. The number of carbonyl (C=O) groups is 4. The number of hydrogen-bond donors (Lipinski definition) is 7. The zero-order valence-electron chi connectivity index (χ0n) is 21.9. The van der Waals surface area contributed by atoms with Crippen molar-refractivity contribution >= 4 is 23.7 Å². The molecule has 8 N–H and O–H groups in total. The highest BCUT2D eigenvalue weighted by Gasteiger charge is 2.35. The Balaban J connectivity index is 2.15.